The molecule has 54 heavy (non-hydrogen) atoms. The molecule has 0 spiro atoms. The van der Waals surface area contributed by atoms with Crippen molar-refractivity contribution in [2.45, 2.75) is 200 Å². The average molecular weight is 752 g/mol. The van der Waals surface area contributed by atoms with Crippen molar-refractivity contribution in [3.05, 3.63) is 85.1 Å². The molecule has 308 valence electrons. The summed E-state index contributed by atoms with van der Waals surface area (Å²) >= 11 is 0. The van der Waals surface area contributed by atoms with E-state index in [2.05, 4.69) is 50.4 Å². The molecule has 0 aromatic heterocycles. The Bertz CT molecular complexity index is 1070. The highest BCUT2D eigenvalue weighted by Crippen LogP contribution is 2.15. The van der Waals surface area contributed by atoms with Gasteiger partial charge in [0.15, 0.2) is 0 Å². The summed E-state index contributed by atoms with van der Waals surface area (Å²) in [6.07, 6.45) is 52.5. The number of hydrogen-bond acceptors (Lipinski definition) is 5. The molecule has 0 bridgehead atoms. The van der Waals surface area contributed by atoms with Crippen LogP contribution in [0.1, 0.15) is 181 Å². The predicted molar refractivity (Wildman–Crippen MR) is 231 cm³/mol. The van der Waals surface area contributed by atoms with Crippen LogP contribution in [0.15, 0.2) is 85.1 Å². The number of unbranched alkanes of at least 4 members (excludes halogenated alkanes) is 16. The number of aliphatic hydroxyl groups excluding tert-OH is 2. The van der Waals surface area contributed by atoms with Crippen molar-refractivity contribution in [2.24, 2.45) is 0 Å². The molecular formula is C48H81NO5. The quantitative estimate of drug-likeness (QED) is 0.0254. The summed E-state index contributed by atoms with van der Waals surface area (Å²) in [5.74, 6) is -0.699. The van der Waals surface area contributed by atoms with Crippen molar-refractivity contribution < 1.29 is 24.5 Å². The third-order valence-electron chi connectivity index (χ3n) is 9.35. The summed E-state index contributed by atoms with van der Waals surface area (Å²) in [5, 5.41) is 23.5. The van der Waals surface area contributed by atoms with Gasteiger partial charge in [-0.25, -0.2) is 0 Å². The fourth-order valence-corrected chi connectivity index (χ4v) is 6.03. The van der Waals surface area contributed by atoms with Crippen LogP contribution in [-0.2, 0) is 14.3 Å². The molecule has 1 amide bonds. The maximum Gasteiger partial charge on any atom is 0.306 e. The van der Waals surface area contributed by atoms with Gasteiger partial charge in [-0.3, -0.25) is 9.59 Å². The first-order valence-electron chi connectivity index (χ1n) is 21.9. The van der Waals surface area contributed by atoms with E-state index in [-0.39, 0.29) is 31.3 Å². The molecule has 0 aliphatic heterocycles. The van der Waals surface area contributed by atoms with Gasteiger partial charge in [0.2, 0.25) is 5.91 Å². The van der Waals surface area contributed by atoms with Gasteiger partial charge in [-0.1, -0.05) is 209 Å². The summed E-state index contributed by atoms with van der Waals surface area (Å²) in [6.45, 7) is 6.23. The summed E-state index contributed by atoms with van der Waals surface area (Å²) < 4.78 is 5.76. The van der Waals surface area contributed by atoms with Crippen molar-refractivity contribution in [1.29, 1.82) is 0 Å². The molecule has 3 unspecified atom stereocenters. The lowest BCUT2D eigenvalue weighted by Gasteiger charge is -2.24. The number of hydrogen-bond donors (Lipinski definition) is 3. The van der Waals surface area contributed by atoms with E-state index in [1.54, 1.807) is 0 Å². The first kappa shape index (κ1) is 51.0. The molecule has 0 saturated heterocycles. The number of aliphatic hydroxyl groups is 2. The highest BCUT2D eigenvalue weighted by Gasteiger charge is 2.23. The Labute approximate surface area is 332 Å². The second-order valence-electron chi connectivity index (χ2n) is 14.5. The molecular weight excluding hydrogens is 671 g/mol. The Balaban J connectivity index is 4.84. The first-order chi connectivity index (χ1) is 26.5. The van der Waals surface area contributed by atoms with E-state index in [4.69, 9.17) is 4.74 Å². The van der Waals surface area contributed by atoms with Crippen molar-refractivity contribution in [2.75, 3.05) is 6.61 Å². The van der Waals surface area contributed by atoms with Gasteiger partial charge in [0.1, 0.15) is 6.10 Å². The molecule has 0 aromatic rings. The Morgan fingerprint density at radius 1 is 0.593 bits per heavy atom. The fourth-order valence-electron chi connectivity index (χ4n) is 6.03. The minimum atomic E-state index is -0.828. The molecule has 0 aromatic carbocycles. The Kier molecular flexibility index (Phi) is 38.9. The van der Waals surface area contributed by atoms with E-state index >= 15 is 0 Å². The van der Waals surface area contributed by atoms with Crippen molar-refractivity contribution in [3.8, 4) is 0 Å². The molecule has 0 saturated carbocycles. The maximum atomic E-state index is 13.1. The lowest BCUT2D eigenvalue weighted by atomic mass is 10.0. The number of ether oxygens (including phenoxy) is 1. The predicted octanol–water partition coefficient (Wildman–Crippen LogP) is 12.4. The number of allylic oxidation sites excluding steroid dienone is 13. The minimum absolute atomic E-state index is 0.0450. The van der Waals surface area contributed by atoms with E-state index in [1.807, 2.05) is 60.8 Å². The molecule has 3 atom stereocenters. The monoisotopic (exact) mass is 752 g/mol. The number of carbonyl (C=O) groups excluding carboxylic acids is 2. The van der Waals surface area contributed by atoms with Crippen LogP contribution in [0.5, 0.6) is 0 Å². The Morgan fingerprint density at radius 3 is 1.65 bits per heavy atom. The van der Waals surface area contributed by atoms with Crippen molar-refractivity contribution in [1.82, 2.24) is 5.32 Å². The Morgan fingerprint density at radius 2 is 1.09 bits per heavy atom. The van der Waals surface area contributed by atoms with Crippen LogP contribution < -0.4 is 5.32 Å². The van der Waals surface area contributed by atoms with E-state index in [0.717, 1.165) is 38.5 Å². The molecule has 6 nitrogen and oxygen atoms in total. The van der Waals surface area contributed by atoms with Gasteiger partial charge in [0.05, 0.1) is 25.2 Å². The van der Waals surface area contributed by atoms with Gasteiger partial charge in [-0.2, -0.15) is 0 Å². The molecule has 0 heterocycles. The van der Waals surface area contributed by atoms with Gasteiger partial charge >= 0.3 is 5.97 Å². The third-order valence-corrected chi connectivity index (χ3v) is 9.35. The van der Waals surface area contributed by atoms with Crippen molar-refractivity contribution in [3.63, 3.8) is 0 Å². The fraction of sp³-hybridized carbons (Fsp3) is 0.667. The normalized spacial score (nSPS) is 14.2. The van der Waals surface area contributed by atoms with E-state index in [1.165, 1.54) is 89.9 Å². The first-order valence-corrected chi connectivity index (χ1v) is 21.9. The van der Waals surface area contributed by atoms with Gasteiger partial charge in [-0.05, 0) is 38.5 Å². The maximum absolute atomic E-state index is 13.1. The summed E-state index contributed by atoms with van der Waals surface area (Å²) in [6, 6.07) is -0.751. The van der Waals surface area contributed by atoms with E-state index in [0.29, 0.717) is 19.3 Å². The van der Waals surface area contributed by atoms with Crippen LogP contribution >= 0.6 is 0 Å². The molecule has 0 aliphatic rings. The van der Waals surface area contributed by atoms with Crippen LogP contribution in [0.3, 0.4) is 0 Å². The smallest absolute Gasteiger partial charge is 0.306 e. The van der Waals surface area contributed by atoms with Crippen molar-refractivity contribution >= 4 is 11.9 Å². The number of rotatable bonds is 37. The topological polar surface area (TPSA) is 95.9 Å². The van der Waals surface area contributed by atoms with Gasteiger partial charge in [0.25, 0.3) is 0 Å². The van der Waals surface area contributed by atoms with E-state index < -0.39 is 18.2 Å². The lowest BCUT2D eigenvalue weighted by Crippen LogP contribution is -2.46. The largest absolute Gasteiger partial charge is 0.461 e. The zero-order valence-corrected chi connectivity index (χ0v) is 34.8. The van der Waals surface area contributed by atoms with Crippen LogP contribution in [0, 0.1) is 0 Å². The zero-order valence-electron chi connectivity index (χ0n) is 34.8. The molecule has 3 N–H and O–H groups in total. The SMILES string of the molecule is CC/C=C/C=C/C=C\C=C/C=C/CC(CC(=O)NC(CO)C(O)CCCCCCCCCCCCC)OC(=O)CC/C=C/C/C=C\CCCCCCCC. The second kappa shape index (κ2) is 41.2. The van der Waals surface area contributed by atoms with Crippen LogP contribution in [-0.4, -0.2) is 46.9 Å². The lowest BCUT2D eigenvalue weighted by molar-refractivity contribution is -0.150. The molecule has 0 radical (unpaired) electrons. The Hall–Kier alpha value is -2.96. The highest BCUT2D eigenvalue weighted by atomic mass is 16.5. The minimum Gasteiger partial charge on any atom is -0.461 e. The second-order valence-corrected chi connectivity index (χ2v) is 14.5. The molecule has 0 fully saturated rings. The number of amides is 1. The molecule has 0 rings (SSSR count). The number of carbonyl (C=O) groups is 2. The van der Waals surface area contributed by atoms with Crippen LogP contribution in [0.2, 0.25) is 0 Å². The van der Waals surface area contributed by atoms with Crippen LogP contribution in [0.4, 0.5) is 0 Å². The average Bonchev–Trinajstić information content (AvgIpc) is 3.16. The number of esters is 1. The highest BCUT2D eigenvalue weighted by molar-refractivity contribution is 5.77. The summed E-state index contributed by atoms with van der Waals surface area (Å²) in [4.78, 5) is 25.8. The molecule has 0 aliphatic carbocycles. The summed E-state index contributed by atoms with van der Waals surface area (Å²) in [7, 11) is 0. The summed E-state index contributed by atoms with van der Waals surface area (Å²) in [5.41, 5.74) is 0. The zero-order chi connectivity index (χ0) is 39.6. The number of nitrogens with one attached hydrogen (secondary N) is 1. The van der Waals surface area contributed by atoms with E-state index in [9.17, 15) is 19.8 Å². The van der Waals surface area contributed by atoms with Gasteiger partial charge in [0, 0.05) is 12.8 Å². The van der Waals surface area contributed by atoms with Gasteiger partial charge in [-0.15, -0.1) is 0 Å². The molecule has 6 heteroatoms. The van der Waals surface area contributed by atoms with Crippen LogP contribution in [0.25, 0.3) is 0 Å². The third kappa shape index (κ3) is 36.0. The van der Waals surface area contributed by atoms with Gasteiger partial charge < -0.3 is 20.3 Å². The standard InChI is InChI=1S/C48H81NO5/c1-4-7-10-13-16-19-22-23-26-29-32-35-38-41-48(53)54-44(39-36-33-30-27-24-20-17-14-11-8-5-2)42-47(52)49-45(43-50)46(51)40-37-34-31-28-25-21-18-15-12-9-6-3/h8,11,14,17,20,23-24,26-27,30,32-33,35-36,44-46,50-51H,4-7,9-10,12-13,15-16,18-19,21-22,25,28-29,31,34,37-43H2,1-3H3,(H,49,52)/b11-8+,17-14+,24-20-,26-23-,30-27-,35-32+,36-33+.